The molecular weight excluding hydrogens is 344 g/mol. The first-order chi connectivity index (χ1) is 13.0. The molecule has 0 unspecified atom stereocenters. The molecule has 3 rings (SSSR count). The summed E-state index contributed by atoms with van der Waals surface area (Å²) in [5.74, 6) is -1.19. The lowest BCUT2D eigenvalue weighted by molar-refractivity contribution is -0.148. The standard InChI is InChI=1S/C21H28N2O4/c24-18(9-8-16-6-2-1-3-7-16)23-14-10-17(11-15-23)19(25)22-21(20(26)27)12-4-5-13-21/h1-3,6-7,17H,4-5,8-15H2,(H,22,25)(H,26,27). The Morgan fingerprint density at radius 3 is 2.30 bits per heavy atom. The summed E-state index contributed by atoms with van der Waals surface area (Å²) in [6.45, 7) is 1.12. The number of carbonyl (C=O) groups is 3. The number of amides is 2. The average molecular weight is 372 g/mol. The number of nitrogens with one attached hydrogen (secondary N) is 1. The molecule has 1 aromatic carbocycles. The number of carboxylic acid groups (broad SMARTS) is 1. The number of carboxylic acids is 1. The minimum atomic E-state index is -1.08. The van der Waals surface area contributed by atoms with Crippen LogP contribution in [0.25, 0.3) is 0 Å². The highest BCUT2D eigenvalue weighted by molar-refractivity contribution is 5.88. The monoisotopic (exact) mass is 372 g/mol. The Bertz CT molecular complexity index is 675. The molecule has 2 fully saturated rings. The van der Waals surface area contributed by atoms with Crippen LogP contribution in [0.3, 0.4) is 0 Å². The smallest absolute Gasteiger partial charge is 0.329 e. The molecule has 6 nitrogen and oxygen atoms in total. The van der Waals surface area contributed by atoms with Gasteiger partial charge in [0.2, 0.25) is 11.8 Å². The summed E-state index contributed by atoms with van der Waals surface area (Å²) in [6, 6.07) is 9.94. The topological polar surface area (TPSA) is 86.7 Å². The van der Waals surface area contributed by atoms with E-state index in [1.807, 2.05) is 35.2 Å². The van der Waals surface area contributed by atoms with E-state index in [0.717, 1.165) is 24.8 Å². The molecular formula is C21H28N2O4. The van der Waals surface area contributed by atoms with Crippen LogP contribution in [-0.2, 0) is 20.8 Å². The molecule has 1 saturated carbocycles. The minimum absolute atomic E-state index is 0.121. The van der Waals surface area contributed by atoms with E-state index in [1.54, 1.807) is 0 Å². The number of rotatable bonds is 6. The van der Waals surface area contributed by atoms with E-state index < -0.39 is 11.5 Å². The second-order valence-electron chi connectivity index (χ2n) is 7.72. The second-order valence-corrected chi connectivity index (χ2v) is 7.72. The number of aliphatic carboxylic acids is 1. The van der Waals surface area contributed by atoms with Gasteiger partial charge in [-0.15, -0.1) is 0 Å². The Kier molecular flexibility index (Phi) is 6.14. The maximum absolute atomic E-state index is 12.6. The van der Waals surface area contributed by atoms with E-state index in [2.05, 4.69) is 5.32 Å². The molecule has 0 radical (unpaired) electrons. The zero-order valence-electron chi connectivity index (χ0n) is 15.7. The van der Waals surface area contributed by atoms with Crippen LogP contribution in [0.2, 0.25) is 0 Å². The van der Waals surface area contributed by atoms with Gasteiger partial charge in [0, 0.05) is 25.4 Å². The summed E-state index contributed by atoms with van der Waals surface area (Å²) in [5.41, 5.74) is 0.0651. The number of carbonyl (C=O) groups excluding carboxylic acids is 2. The average Bonchev–Trinajstić information content (AvgIpc) is 3.17. The van der Waals surface area contributed by atoms with Gasteiger partial charge in [0.15, 0.2) is 0 Å². The van der Waals surface area contributed by atoms with Gasteiger partial charge in [-0.1, -0.05) is 43.2 Å². The highest BCUT2D eigenvalue weighted by Crippen LogP contribution is 2.31. The number of hydrogen-bond acceptors (Lipinski definition) is 3. The van der Waals surface area contributed by atoms with E-state index >= 15 is 0 Å². The van der Waals surface area contributed by atoms with E-state index in [-0.39, 0.29) is 17.7 Å². The van der Waals surface area contributed by atoms with Crippen LogP contribution in [0.5, 0.6) is 0 Å². The maximum Gasteiger partial charge on any atom is 0.329 e. The summed E-state index contributed by atoms with van der Waals surface area (Å²) in [4.78, 5) is 38.4. The Morgan fingerprint density at radius 2 is 1.70 bits per heavy atom. The van der Waals surface area contributed by atoms with E-state index in [0.29, 0.717) is 45.2 Å². The third-order valence-corrected chi connectivity index (χ3v) is 5.92. The Labute approximate surface area is 159 Å². The first kappa shape index (κ1) is 19.4. The molecule has 0 aromatic heterocycles. The summed E-state index contributed by atoms with van der Waals surface area (Å²) in [6.07, 6.45) is 5.07. The van der Waals surface area contributed by atoms with E-state index in [4.69, 9.17) is 0 Å². The molecule has 27 heavy (non-hydrogen) atoms. The molecule has 1 aliphatic carbocycles. The van der Waals surface area contributed by atoms with Crippen LogP contribution in [0.15, 0.2) is 30.3 Å². The van der Waals surface area contributed by atoms with Gasteiger partial charge in [-0.2, -0.15) is 0 Å². The van der Waals surface area contributed by atoms with Crippen LogP contribution < -0.4 is 5.32 Å². The molecule has 0 atom stereocenters. The molecule has 2 N–H and O–H groups in total. The number of benzene rings is 1. The zero-order valence-corrected chi connectivity index (χ0v) is 15.7. The molecule has 0 bridgehead atoms. The SMILES string of the molecule is O=C(NC1(C(=O)O)CCCC1)C1CCN(C(=O)CCc2ccccc2)CC1. The Hall–Kier alpha value is -2.37. The number of aryl methyl sites for hydroxylation is 1. The first-order valence-corrected chi connectivity index (χ1v) is 9.87. The van der Waals surface area contributed by atoms with E-state index in [9.17, 15) is 19.5 Å². The van der Waals surface area contributed by atoms with Crippen LogP contribution >= 0.6 is 0 Å². The zero-order chi connectivity index (χ0) is 19.3. The lowest BCUT2D eigenvalue weighted by atomic mass is 9.92. The van der Waals surface area contributed by atoms with Crippen molar-refractivity contribution < 1.29 is 19.5 Å². The summed E-state index contributed by atoms with van der Waals surface area (Å²) in [7, 11) is 0. The van der Waals surface area contributed by atoms with Crippen molar-refractivity contribution in [3.05, 3.63) is 35.9 Å². The van der Waals surface area contributed by atoms with Gasteiger partial charge in [0.25, 0.3) is 0 Å². The molecule has 0 spiro atoms. The van der Waals surface area contributed by atoms with Crippen molar-refractivity contribution in [2.45, 2.75) is 56.9 Å². The molecule has 6 heteroatoms. The van der Waals surface area contributed by atoms with Crippen LogP contribution in [0.4, 0.5) is 0 Å². The highest BCUT2D eigenvalue weighted by Gasteiger charge is 2.43. The normalized spacial score (nSPS) is 19.6. The van der Waals surface area contributed by atoms with Crippen LogP contribution in [-0.4, -0.2) is 46.4 Å². The van der Waals surface area contributed by atoms with Crippen molar-refractivity contribution in [2.24, 2.45) is 5.92 Å². The molecule has 1 heterocycles. The molecule has 146 valence electrons. The molecule has 2 amide bonds. The summed E-state index contributed by atoms with van der Waals surface area (Å²) >= 11 is 0. The van der Waals surface area contributed by atoms with Crippen molar-refractivity contribution in [3.63, 3.8) is 0 Å². The largest absolute Gasteiger partial charge is 0.480 e. The Morgan fingerprint density at radius 1 is 1.07 bits per heavy atom. The van der Waals surface area contributed by atoms with Crippen molar-refractivity contribution in [2.75, 3.05) is 13.1 Å². The van der Waals surface area contributed by atoms with Gasteiger partial charge in [-0.3, -0.25) is 9.59 Å². The summed E-state index contributed by atoms with van der Waals surface area (Å²) in [5, 5.41) is 12.3. The number of nitrogens with zero attached hydrogens (tertiary/aromatic N) is 1. The van der Waals surface area contributed by atoms with Gasteiger partial charge in [-0.05, 0) is 37.7 Å². The number of likely N-dealkylation sites (tertiary alicyclic amines) is 1. The van der Waals surface area contributed by atoms with Gasteiger partial charge < -0.3 is 15.3 Å². The predicted molar refractivity (Wildman–Crippen MR) is 101 cm³/mol. The fourth-order valence-electron chi connectivity index (χ4n) is 4.15. The third-order valence-electron chi connectivity index (χ3n) is 5.92. The fraction of sp³-hybridized carbons (Fsp3) is 0.571. The predicted octanol–water partition coefficient (Wildman–Crippen LogP) is 2.37. The van der Waals surface area contributed by atoms with Crippen molar-refractivity contribution >= 4 is 17.8 Å². The highest BCUT2D eigenvalue weighted by atomic mass is 16.4. The summed E-state index contributed by atoms with van der Waals surface area (Å²) < 4.78 is 0. The first-order valence-electron chi connectivity index (χ1n) is 9.87. The molecule has 2 aliphatic rings. The van der Waals surface area contributed by atoms with Gasteiger partial charge in [0.05, 0.1) is 0 Å². The fourth-order valence-corrected chi connectivity index (χ4v) is 4.15. The quantitative estimate of drug-likeness (QED) is 0.803. The molecule has 1 saturated heterocycles. The number of hydrogen-bond donors (Lipinski definition) is 2. The van der Waals surface area contributed by atoms with Crippen LogP contribution in [0, 0.1) is 5.92 Å². The minimum Gasteiger partial charge on any atom is -0.480 e. The van der Waals surface area contributed by atoms with Gasteiger partial charge in [-0.25, -0.2) is 4.79 Å². The molecule has 1 aliphatic heterocycles. The lowest BCUT2D eigenvalue weighted by Gasteiger charge is -2.34. The van der Waals surface area contributed by atoms with E-state index in [1.165, 1.54) is 0 Å². The van der Waals surface area contributed by atoms with Crippen LogP contribution in [0.1, 0.15) is 50.5 Å². The van der Waals surface area contributed by atoms with Gasteiger partial charge >= 0.3 is 5.97 Å². The maximum atomic E-state index is 12.6. The lowest BCUT2D eigenvalue weighted by Crippen LogP contribution is -2.55. The third kappa shape index (κ3) is 4.67. The molecule has 1 aromatic rings. The van der Waals surface area contributed by atoms with Gasteiger partial charge in [0.1, 0.15) is 5.54 Å². The Balaban J connectivity index is 1.46. The number of piperidine rings is 1. The van der Waals surface area contributed by atoms with Crippen molar-refractivity contribution in [3.8, 4) is 0 Å². The van der Waals surface area contributed by atoms with Crippen molar-refractivity contribution in [1.29, 1.82) is 0 Å². The second kappa shape index (κ2) is 8.55. The van der Waals surface area contributed by atoms with Crippen molar-refractivity contribution in [1.82, 2.24) is 10.2 Å².